The largest absolute Gasteiger partial charge is 0.349 e. The van der Waals surface area contributed by atoms with Crippen LogP contribution < -0.4 is 10.6 Å². The predicted octanol–water partition coefficient (Wildman–Crippen LogP) is 5.26. The Morgan fingerprint density at radius 3 is 1.97 bits per heavy atom. The lowest BCUT2D eigenvalue weighted by Crippen LogP contribution is -2.34. The number of carbonyl (C=O) groups is 3. The molecule has 8 nitrogen and oxygen atoms in total. The molecule has 0 spiro atoms. The highest BCUT2D eigenvalue weighted by Gasteiger charge is 2.25. The Morgan fingerprint density at radius 2 is 1.39 bits per heavy atom. The van der Waals surface area contributed by atoms with Gasteiger partial charge in [-0.1, -0.05) is 58.5 Å². The van der Waals surface area contributed by atoms with Gasteiger partial charge in [0.05, 0.1) is 43.1 Å². The fourth-order valence-corrected chi connectivity index (χ4v) is 5.00. The molecule has 0 unspecified atom stereocenters. The maximum atomic E-state index is 13.2. The monoisotopic (exact) mass is 567 g/mol. The number of likely N-dealkylation sites (tertiary alicyclic amines) is 1. The van der Waals surface area contributed by atoms with E-state index in [1.165, 1.54) is 30.5 Å². The zero-order valence-electron chi connectivity index (χ0n) is 18.9. The number of aromatic nitrogens is 2. The van der Waals surface area contributed by atoms with E-state index < -0.39 is 17.7 Å². The van der Waals surface area contributed by atoms with Crippen LogP contribution >= 0.6 is 46.4 Å². The third-order valence-corrected chi connectivity index (χ3v) is 6.92. The Hall–Kier alpha value is -2.62. The van der Waals surface area contributed by atoms with Crippen molar-refractivity contribution in [3.8, 4) is 0 Å². The van der Waals surface area contributed by atoms with Crippen LogP contribution in [0.25, 0.3) is 0 Å². The summed E-state index contributed by atoms with van der Waals surface area (Å²) in [7, 11) is 0. The summed E-state index contributed by atoms with van der Waals surface area (Å²) in [6, 6.07) is 9.26. The molecule has 2 aromatic carbocycles. The fourth-order valence-electron chi connectivity index (χ4n) is 3.87. The first-order valence-corrected chi connectivity index (χ1v) is 12.6. The molecular formula is C24H21Cl4N5O3. The fraction of sp³-hybridized carbons (Fsp3) is 0.250. The molecule has 1 saturated heterocycles. The number of hydrogen-bond acceptors (Lipinski definition) is 5. The zero-order chi connectivity index (χ0) is 25.8. The SMILES string of the molecule is O=C(NCCN1CCCC1)c1nn(C(=O)c2c(Cl)cccc2Cl)cc1NC(=O)c1c(Cl)cccc1Cl. The molecule has 36 heavy (non-hydrogen) atoms. The highest BCUT2D eigenvalue weighted by molar-refractivity contribution is 6.41. The van der Waals surface area contributed by atoms with Gasteiger partial charge in [-0.2, -0.15) is 5.10 Å². The van der Waals surface area contributed by atoms with Gasteiger partial charge in [-0.3, -0.25) is 14.4 Å². The average molecular weight is 569 g/mol. The molecule has 2 N–H and O–H groups in total. The van der Waals surface area contributed by atoms with Crippen LogP contribution in [0.2, 0.25) is 20.1 Å². The van der Waals surface area contributed by atoms with Crippen LogP contribution in [0.1, 0.15) is 44.0 Å². The van der Waals surface area contributed by atoms with E-state index in [1.807, 2.05) is 0 Å². The van der Waals surface area contributed by atoms with Crippen molar-refractivity contribution >= 4 is 69.8 Å². The molecule has 0 atom stereocenters. The van der Waals surface area contributed by atoms with Gasteiger partial charge in [0, 0.05) is 13.1 Å². The van der Waals surface area contributed by atoms with Crippen molar-refractivity contribution in [3.63, 3.8) is 0 Å². The van der Waals surface area contributed by atoms with E-state index in [0.717, 1.165) is 30.6 Å². The average Bonchev–Trinajstić information content (AvgIpc) is 3.49. The molecule has 0 aliphatic carbocycles. The van der Waals surface area contributed by atoms with E-state index in [4.69, 9.17) is 46.4 Å². The molecule has 0 saturated carbocycles. The van der Waals surface area contributed by atoms with E-state index in [1.54, 1.807) is 12.1 Å². The van der Waals surface area contributed by atoms with Crippen molar-refractivity contribution in [2.75, 3.05) is 31.5 Å². The maximum Gasteiger partial charge on any atom is 0.281 e. The summed E-state index contributed by atoms with van der Waals surface area (Å²) in [4.78, 5) is 41.4. The normalized spacial score (nSPS) is 13.6. The second-order valence-electron chi connectivity index (χ2n) is 8.09. The van der Waals surface area contributed by atoms with Gasteiger partial charge in [0.25, 0.3) is 17.7 Å². The lowest BCUT2D eigenvalue weighted by Gasteiger charge is -2.14. The van der Waals surface area contributed by atoms with Crippen molar-refractivity contribution in [1.29, 1.82) is 0 Å². The van der Waals surface area contributed by atoms with E-state index in [2.05, 4.69) is 20.6 Å². The Morgan fingerprint density at radius 1 is 0.833 bits per heavy atom. The van der Waals surface area contributed by atoms with Gasteiger partial charge >= 0.3 is 0 Å². The Bertz CT molecular complexity index is 1280. The molecule has 1 fully saturated rings. The molecule has 2 amide bonds. The second-order valence-corrected chi connectivity index (χ2v) is 9.72. The molecule has 2 heterocycles. The summed E-state index contributed by atoms with van der Waals surface area (Å²) in [6.07, 6.45) is 3.48. The molecule has 0 radical (unpaired) electrons. The van der Waals surface area contributed by atoms with Gasteiger partial charge in [-0.25, -0.2) is 4.68 Å². The maximum absolute atomic E-state index is 13.2. The molecule has 1 aliphatic heterocycles. The first-order chi connectivity index (χ1) is 17.3. The van der Waals surface area contributed by atoms with Crippen molar-refractivity contribution in [2.24, 2.45) is 0 Å². The van der Waals surface area contributed by atoms with Crippen molar-refractivity contribution in [1.82, 2.24) is 20.0 Å². The van der Waals surface area contributed by atoms with Crippen LogP contribution in [0, 0.1) is 0 Å². The van der Waals surface area contributed by atoms with Crippen LogP contribution in [0.5, 0.6) is 0 Å². The minimum absolute atomic E-state index is 0.00816. The highest BCUT2D eigenvalue weighted by Crippen LogP contribution is 2.28. The third-order valence-electron chi connectivity index (χ3n) is 5.66. The summed E-state index contributed by atoms with van der Waals surface area (Å²) in [5.41, 5.74) is -0.138. The molecule has 188 valence electrons. The number of benzene rings is 2. The van der Waals surface area contributed by atoms with Gasteiger partial charge < -0.3 is 15.5 Å². The van der Waals surface area contributed by atoms with Gasteiger partial charge in [0.15, 0.2) is 5.69 Å². The van der Waals surface area contributed by atoms with E-state index in [9.17, 15) is 14.4 Å². The number of carbonyl (C=O) groups excluding carboxylic acids is 3. The van der Waals surface area contributed by atoms with Gasteiger partial charge in [-0.15, -0.1) is 0 Å². The predicted molar refractivity (Wildman–Crippen MR) is 141 cm³/mol. The molecule has 1 aliphatic rings. The molecule has 1 aromatic heterocycles. The Labute approximate surface area is 227 Å². The van der Waals surface area contributed by atoms with Gasteiger partial charge in [-0.05, 0) is 50.2 Å². The first kappa shape index (κ1) is 26.4. The van der Waals surface area contributed by atoms with Crippen molar-refractivity contribution < 1.29 is 14.4 Å². The lowest BCUT2D eigenvalue weighted by molar-refractivity contribution is 0.0934. The third kappa shape index (κ3) is 5.85. The number of hydrogen-bond donors (Lipinski definition) is 2. The summed E-state index contributed by atoms with van der Waals surface area (Å²) in [5, 5.41) is 10.0. The van der Waals surface area contributed by atoms with E-state index in [0.29, 0.717) is 13.1 Å². The molecule has 4 rings (SSSR count). The van der Waals surface area contributed by atoms with Crippen LogP contribution in [-0.4, -0.2) is 58.6 Å². The minimum atomic E-state index is -0.673. The molecule has 0 bridgehead atoms. The van der Waals surface area contributed by atoms with Crippen LogP contribution in [0.4, 0.5) is 5.69 Å². The zero-order valence-corrected chi connectivity index (χ0v) is 21.9. The topological polar surface area (TPSA) is 96.3 Å². The van der Waals surface area contributed by atoms with E-state index in [-0.39, 0.29) is 42.6 Å². The van der Waals surface area contributed by atoms with Gasteiger partial charge in [0.2, 0.25) is 0 Å². The number of nitrogens with one attached hydrogen (secondary N) is 2. The number of halogens is 4. The number of nitrogens with zero attached hydrogens (tertiary/aromatic N) is 3. The quantitative estimate of drug-likeness (QED) is 0.405. The van der Waals surface area contributed by atoms with Gasteiger partial charge in [0.1, 0.15) is 0 Å². The second kappa shape index (κ2) is 11.6. The summed E-state index contributed by atoms with van der Waals surface area (Å²) >= 11 is 24.7. The van der Waals surface area contributed by atoms with Crippen LogP contribution in [0.3, 0.4) is 0 Å². The Kier molecular flexibility index (Phi) is 8.54. The van der Waals surface area contributed by atoms with Crippen molar-refractivity contribution in [2.45, 2.75) is 12.8 Å². The molecular weight excluding hydrogens is 548 g/mol. The number of rotatable bonds is 7. The smallest absolute Gasteiger partial charge is 0.281 e. The Balaban J connectivity index is 1.63. The minimum Gasteiger partial charge on any atom is -0.349 e. The van der Waals surface area contributed by atoms with Crippen LogP contribution in [-0.2, 0) is 0 Å². The standard InChI is InChI=1S/C24H21Cl4N5O3/c25-14-5-3-6-15(26)19(14)22(34)30-18-13-33(24(36)20-16(27)7-4-8-17(20)28)31-21(18)23(35)29-9-12-32-10-1-2-11-32/h3-8,13H,1-2,9-12H2,(H,29,35)(H,30,34). The number of amides is 2. The van der Waals surface area contributed by atoms with E-state index >= 15 is 0 Å². The lowest BCUT2D eigenvalue weighted by atomic mass is 10.2. The number of anilines is 1. The molecule has 3 aromatic rings. The molecule has 12 heteroatoms. The summed E-state index contributed by atoms with van der Waals surface area (Å²) in [5.74, 6) is -1.90. The summed E-state index contributed by atoms with van der Waals surface area (Å²) < 4.78 is 0.909. The summed E-state index contributed by atoms with van der Waals surface area (Å²) in [6.45, 7) is 3.02. The first-order valence-electron chi connectivity index (χ1n) is 11.1. The van der Waals surface area contributed by atoms with Crippen molar-refractivity contribution in [3.05, 3.63) is 79.5 Å². The highest BCUT2D eigenvalue weighted by atomic mass is 35.5. The van der Waals surface area contributed by atoms with Crippen LogP contribution in [0.15, 0.2) is 42.6 Å².